The van der Waals surface area contributed by atoms with Crippen molar-refractivity contribution in [3.05, 3.63) is 40.7 Å². The zero-order valence-corrected chi connectivity index (χ0v) is 10.2. The van der Waals surface area contributed by atoms with E-state index in [1.54, 1.807) is 18.2 Å². The van der Waals surface area contributed by atoms with Gasteiger partial charge in [-0.2, -0.15) is 5.26 Å². The molecular weight excluding hydrogens is 287 g/mol. The average molecular weight is 296 g/mol. The van der Waals surface area contributed by atoms with Gasteiger partial charge in [-0.15, -0.1) is 0 Å². The molecule has 2 nitrogen and oxygen atoms in total. The predicted octanol–water partition coefficient (Wildman–Crippen LogP) is 3.78. The van der Waals surface area contributed by atoms with Crippen molar-refractivity contribution >= 4 is 28.3 Å². The summed E-state index contributed by atoms with van der Waals surface area (Å²) in [4.78, 5) is 3.36. The first kappa shape index (κ1) is 11.0. The maximum atomic E-state index is 8.91. The van der Waals surface area contributed by atoms with Gasteiger partial charge in [0.2, 0.25) is 0 Å². The van der Waals surface area contributed by atoms with Crippen molar-refractivity contribution in [3.8, 4) is 6.07 Å². The molecule has 0 bridgehead atoms. The lowest BCUT2D eigenvalue weighted by Gasteiger charge is -2.18. The second-order valence-corrected chi connectivity index (χ2v) is 6.12. The highest BCUT2D eigenvalue weighted by Crippen LogP contribution is 2.35. The molecule has 0 amide bonds. The number of nitrogens with zero attached hydrogens (tertiary/aromatic N) is 2. The molecular formula is C11H9IN2. The molecule has 1 rings (SSSR count). The number of hydrogen-bond acceptors (Lipinski definition) is 1. The second kappa shape index (κ2) is 3.98. The lowest BCUT2D eigenvalue weighted by molar-refractivity contribution is 0.824. The van der Waals surface area contributed by atoms with E-state index in [0.717, 1.165) is 5.56 Å². The first-order valence-electron chi connectivity index (χ1n) is 4.10. The van der Waals surface area contributed by atoms with Gasteiger partial charge >= 0.3 is 0 Å². The highest BCUT2D eigenvalue weighted by Gasteiger charge is 2.19. The quantitative estimate of drug-likeness (QED) is 0.440. The van der Waals surface area contributed by atoms with E-state index >= 15 is 0 Å². The van der Waals surface area contributed by atoms with Gasteiger partial charge in [0, 0.05) is 3.42 Å². The molecule has 0 radical (unpaired) electrons. The molecule has 0 fully saturated rings. The van der Waals surface area contributed by atoms with Crippen LogP contribution in [0.3, 0.4) is 0 Å². The molecule has 0 aliphatic heterocycles. The van der Waals surface area contributed by atoms with Crippen molar-refractivity contribution in [1.29, 1.82) is 5.26 Å². The van der Waals surface area contributed by atoms with Crippen LogP contribution in [-0.2, 0) is 3.42 Å². The Balaban J connectivity index is 3.41. The third-order valence-corrected chi connectivity index (χ3v) is 2.47. The maximum Gasteiger partial charge on any atom is 0.187 e. The SMILES string of the molecule is [C-]#[N+]c1ccc(C#N)c(C(C)(C)I)c1. The van der Waals surface area contributed by atoms with Gasteiger partial charge in [0.1, 0.15) is 0 Å². The van der Waals surface area contributed by atoms with Crippen LogP contribution in [0.4, 0.5) is 5.69 Å². The Kier molecular flexibility index (Phi) is 3.13. The lowest BCUT2D eigenvalue weighted by atomic mass is 9.97. The third kappa shape index (κ3) is 2.24. The van der Waals surface area contributed by atoms with Crippen LogP contribution in [0.1, 0.15) is 25.0 Å². The van der Waals surface area contributed by atoms with Gasteiger partial charge in [0.05, 0.1) is 18.2 Å². The molecule has 0 heterocycles. The Morgan fingerprint density at radius 2 is 2.14 bits per heavy atom. The molecule has 0 aliphatic rings. The highest BCUT2D eigenvalue weighted by atomic mass is 127. The fourth-order valence-corrected chi connectivity index (χ4v) is 1.64. The van der Waals surface area contributed by atoms with Crippen LogP contribution in [-0.4, -0.2) is 0 Å². The molecule has 0 aliphatic carbocycles. The van der Waals surface area contributed by atoms with Crippen molar-refractivity contribution in [2.45, 2.75) is 17.3 Å². The maximum absolute atomic E-state index is 8.91. The van der Waals surface area contributed by atoms with Crippen molar-refractivity contribution in [1.82, 2.24) is 0 Å². The molecule has 1 aromatic carbocycles. The fraction of sp³-hybridized carbons (Fsp3) is 0.273. The molecule has 0 saturated carbocycles. The third-order valence-electron chi connectivity index (χ3n) is 1.89. The van der Waals surface area contributed by atoms with Gasteiger partial charge in [0.15, 0.2) is 5.69 Å². The summed E-state index contributed by atoms with van der Waals surface area (Å²) in [5, 5.41) is 8.91. The van der Waals surface area contributed by atoms with Crippen LogP contribution in [0.2, 0.25) is 0 Å². The molecule has 1 aromatic rings. The molecule has 14 heavy (non-hydrogen) atoms. The lowest BCUT2D eigenvalue weighted by Crippen LogP contribution is -2.08. The van der Waals surface area contributed by atoms with E-state index in [1.807, 2.05) is 13.8 Å². The van der Waals surface area contributed by atoms with Gasteiger partial charge in [-0.3, -0.25) is 0 Å². The predicted molar refractivity (Wildman–Crippen MR) is 64.5 cm³/mol. The molecule has 0 spiro atoms. The molecule has 0 unspecified atom stereocenters. The summed E-state index contributed by atoms with van der Waals surface area (Å²) in [6.07, 6.45) is 0. The van der Waals surface area contributed by atoms with Crippen LogP contribution < -0.4 is 0 Å². The molecule has 70 valence electrons. The first-order valence-corrected chi connectivity index (χ1v) is 5.18. The summed E-state index contributed by atoms with van der Waals surface area (Å²) < 4.78 is -0.122. The van der Waals surface area contributed by atoms with Crippen LogP contribution in [0.25, 0.3) is 4.85 Å². The number of alkyl halides is 1. The topological polar surface area (TPSA) is 28.1 Å². The van der Waals surface area contributed by atoms with E-state index in [4.69, 9.17) is 11.8 Å². The average Bonchev–Trinajstić information content (AvgIpc) is 2.15. The van der Waals surface area contributed by atoms with E-state index in [1.165, 1.54) is 0 Å². The normalized spacial score (nSPS) is 10.4. The first-order chi connectivity index (χ1) is 6.49. The van der Waals surface area contributed by atoms with Gasteiger partial charge in [-0.1, -0.05) is 40.8 Å². The number of benzene rings is 1. The van der Waals surface area contributed by atoms with E-state index in [-0.39, 0.29) is 3.42 Å². The van der Waals surface area contributed by atoms with E-state index in [0.29, 0.717) is 11.3 Å². The van der Waals surface area contributed by atoms with Crippen LogP contribution in [0, 0.1) is 17.9 Å². The minimum absolute atomic E-state index is 0.122. The second-order valence-electron chi connectivity index (χ2n) is 3.43. The Morgan fingerprint density at radius 3 is 2.57 bits per heavy atom. The number of hydrogen-bond donors (Lipinski definition) is 0. The summed E-state index contributed by atoms with van der Waals surface area (Å²) >= 11 is 2.27. The van der Waals surface area contributed by atoms with Crippen molar-refractivity contribution < 1.29 is 0 Å². The molecule has 0 aromatic heterocycles. The Hall–Kier alpha value is -1.07. The zero-order valence-electron chi connectivity index (χ0n) is 8.00. The Morgan fingerprint density at radius 1 is 1.50 bits per heavy atom. The largest absolute Gasteiger partial charge is 0.238 e. The van der Waals surface area contributed by atoms with Gasteiger partial charge in [-0.25, -0.2) is 4.85 Å². The smallest absolute Gasteiger partial charge is 0.187 e. The van der Waals surface area contributed by atoms with Gasteiger partial charge in [0.25, 0.3) is 0 Å². The summed E-state index contributed by atoms with van der Waals surface area (Å²) in [5.41, 5.74) is 2.16. The van der Waals surface area contributed by atoms with Crippen molar-refractivity contribution in [3.63, 3.8) is 0 Å². The number of nitriles is 1. The molecule has 3 heteroatoms. The van der Waals surface area contributed by atoms with E-state index < -0.39 is 0 Å². The Labute approximate surface area is 97.5 Å². The van der Waals surface area contributed by atoms with Gasteiger partial charge < -0.3 is 0 Å². The summed E-state index contributed by atoms with van der Waals surface area (Å²) in [7, 11) is 0. The Bertz CT molecular complexity index is 430. The van der Waals surface area contributed by atoms with Crippen molar-refractivity contribution in [2.75, 3.05) is 0 Å². The summed E-state index contributed by atoms with van der Waals surface area (Å²) in [5.74, 6) is 0. The minimum atomic E-state index is -0.122. The van der Waals surface area contributed by atoms with Crippen LogP contribution in [0.15, 0.2) is 18.2 Å². The van der Waals surface area contributed by atoms with Crippen LogP contribution in [0.5, 0.6) is 0 Å². The standard InChI is InChI=1S/C11H9IN2/c1-11(2,12)10-6-9(14-3)5-4-8(10)7-13/h4-6H,1-2H3. The van der Waals surface area contributed by atoms with Crippen molar-refractivity contribution in [2.24, 2.45) is 0 Å². The number of halogens is 1. The molecule has 0 saturated heterocycles. The van der Waals surface area contributed by atoms with E-state index in [2.05, 4.69) is 33.5 Å². The minimum Gasteiger partial charge on any atom is -0.238 e. The summed E-state index contributed by atoms with van der Waals surface area (Å²) in [6, 6.07) is 7.32. The molecule has 0 N–H and O–H groups in total. The summed E-state index contributed by atoms with van der Waals surface area (Å²) in [6.45, 7) is 11.0. The van der Waals surface area contributed by atoms with Gasteiger partial charge in [-0.05, 0) is 19.4 Å². The highest BCUT2D eigenvalue weighted by molar-refractivity contribution is 14.1. The monoisotopic (exact) mass is 296 g/mol. The van der Waals surface area contributed by atoms with Crippen LogP contribution >= 0.6 is 22.6 Å². The zero-order chi connectivity index (χ0) is 10.8. The fourth-order valence-electron chi connectivity index (χ4n) is 1.19. The van der Waals surface area contributed by atoms with E-state index in [9.17, 15) is 0 Å². The molecule has 0 atom stereocenters. The number of rotatable bonds is 1.